The molecule has 1 fully saturated rings. The Kier molecular flexibility index (Phi) is 3.78. The molecule has 0 aromatic rings. The molecule has 0 radical (unpaired) electrons. The van der Waals surface area contributed by atoms with Crippen LogP contribution < -0.4 is 5.73 Å². The normalized spacial score (nSPS) is 31.5. The summed E-state index contributed by atoms with van der Waals surface area (Å²) < 4.78 is 36.0. The Morgan fingerprint density at radius 2 is 1.71 bits per heavy atom. The van der Waals surface area contributed by atoms with Crippen LogP contribution in [0.2, 0.25) is 0 Å². The van der Waals surface area contributed by atoms with Gasteiger partial charge in [0.1, 0.15) is 6.10 Å². The van der Waals surface area contributed by atoms with Crippen molar-refractivity contribution in [2.45, 2.75) is 50.4 Å². The van der Waals surface area contributed by atoms with Gasteiger partial charge in [-0.15, -0.1) is 0 Å². The van der Waals surface area contributed by atoms with E-state index in [1.807, 2.05) is 0 Å². The monoisotopic (exact) mass is 211 g/mol. The Morgan fingerprint density at radius 3 is 2.14 bits per heavy atom. The highest BCUT2D eigenvalue weighted by Gasteiger charge is 2.39. The standard InChI is InChI=1S/C9H16F3NO/c10-9(11,12)8(14)5-6-1-3-7(13)4-2-6/h6-8,14H,1-5,13H2. The zero-order chi connectivity index (χ0) is 10.8. The quantitative estimate of drug-likeness (QED) is 0.731. The molecule has 1 unspecified atom stereocenters. The lowest BCUT2D eigenvalue weighted by molar-refractivity contribution is -0.209. The lowest BCUT2D eigenvalue weighted by Crippen LogP contribution is -2.33. The number of aliphatic hydroxyl groups excluding tert-OH is 1. The van der Waals surface area contributed by atoms with Gasteiger partial charge in [0.15, 0.2) is 0 Å². The highest BCUT2D eigenvalue weighted by molar-refractivity contribution is 4.78. The Bertz CT molecular complexity index is 175. The summed E-state index contributed by atoms with van der Waals surface area (Å²) in [6, 6.07) is 0.134. The molecule has 3 N–H and O–H groups in total. The van der Waals surface area contributed by atoms with Gasteiger partial charge < -0.3 is 10.8 Å². The Hall–Kier alpha value is -0.290. The lowest BCUT2D eigenvalue weighted by atomic mass is 9.83. The van der Waals surface area contributed by atoms with E-state index in [0.29, 0.717) is 12.8 Å². The maximum atomic E-state index is 12.0. The maximum Gasteiger partial charge on any atom is 0.414 e. The number of rotatable bonds is 2. The van der Waals surface area contributed by atoms with Gasteiger partial charge in [-0.2, -0.15) is 13.2 Å². The van der Waals surface area contributed by atoms with Crippen LogP contribution in [-0.2, 0) is 0 Å². The van der Waals surface area contributed by atoms with Crippen molar-refractivity contribution >= 4 is 0 Å². The molecule has 1 aliphatic carbocycles. The third-order valence-corrected chi connectivity index (χ3v) is 2.83. The van der Waals surface area contributed by atoms with E-state index in [4.69, 9.17) is 10.8 Å². The van der Waals surface area contributed by atoms with E-state index in [0.717, 1.165) is 12.8 Å². The summed E-state index contributed by atoms with van der Waals surface area (Å²) in [6.45, 7) is 0. The highest BCUT2D eigenvalue weighted by atomic mass is 19.4. The van der Waals surface area contributed by atoms with E-state index in [9.17, 15) is 13.2 Å². The number of nitrogens with two attached hydrogens (primary N) is 1. The van der Waals surface area contributed by atoms with E-state index in [-0.39, 0.29) is 18.4 Å². The second-order valence-electron chi connectivity index (χ2n) is 4.07. The Balaban J connectivity index is 2.31. The van der Waals surface area contributed by atoms with Gasteiger partial charge in [-0.05, 0) is 38.0 Å². The Labute approximate surface area is 81.3 Å². The topological polar surface area (TPSA) is 46.2 Å². The fourth-order valence-electron chi connectivity index (χ4n) is 1.87. The average molecular weight is 211 g/mol. The van der Waals surface area contributed by atoms with Crippen molar-refractivity contribution in [1.29, 1.82) is 0 Å². The molecule has 1 rings (SSSR count). The SMILES string of the molecule is NC1CCC(CC(O)C(F)(F)F)CC1. The van der Waals surface area contributed by atoms with Gasteiger partial charge >= 0.3 is 6.18 Å². The molecule has 0 bridgehead atoms. The van der Waals surface area contributed by atoms with Gasteiger partial charge in [-0.3, -0.25) is 0 Å². The molecule has 0 aromatic carbocycles. The fourth-order valence-corrected chi connectivity index (χ4v) is 1.87. The van der Waals surface area contributed by atoms with Crippen LogP contribution in [0.3, 0.4) is 0 Å². The predicted molar refractivity (Wildman–Crippen MR) is 46.6 cm³/mol. The van der Waals surface area contributed by atoms with Crippen molar-refractivity contribution in [3.8, 4) is 0 Å². The molecule has 0 aromatic heterocycles. The van der Waals surface area contributed by atoms with E-state index in [1.165, 1.54) is 0 Å². The molecule has 1 aliphatic rings. The van der Waals surface area contributed by atoms with Crippen LogP contribution in [0.1, 0.15) is 32.1 Å². The first kappa shape index (κ1) is 11.8. The molecule has 14 heavy (non-hydrogen) atoms. The van der Waals surface area contributed by atoms with Gasteiger partial charge in [0, 0.05) is 6.04 Å². The van der Waals surface area contributed by atoms with E-state index in [1.54, 1.807) is 0 Å². The van der Waals surface area contributed by atoms with E-state index >= 15 is 0 Å². The smallest absolute Gasteiger partial charge is 0.384 e. The average Bonchev–Trinajstić information content (AvgIpc) is 2.07. The number of hydrogen-bond acceptors (Lipinski definition) is 2. The highest BCUT2D eigenvalue weighted by Crippen LogP contribution is 2.31. The molecule has 1 saturated carbocycles. The van der Waals surface area contributed by atoms with Gasteiger partial charge in [0.2, 0.25) is 0 Å². The van der Waals surface area contributed by atoms with E-state index in [2.05, 4.69) is 0 Å². The van der Waals surface area contributed by atoms with Crippen molar-refractivity contribution in [2.75, 3.05) is 0 Å². The minimum Gasteiger partial charge on any atom is -0.384 e. The molecule has 0 aliphatic heterocycles. The number of aliphatic hydroxyl groups is 1. The Morgan fingerprint density at radius 1 is 1.21 bits per heavy atom. The zero-order valence-electron chi connectivity index (χ0n) is 7.93. The van der Waals surface area contributed by atoms with Crippen LogP contribution in [0.25, 0.3) is 0 Å². The molecule has 84 valence electrons. The van der Waals surface area contributed by atoms with Crippen LogP contribution in [0.5, 0.6) is 0 Å². The first-order valence-electron chi connectivity index (χ1n) is 4.90. The first-order valence-corrected chi connectivity index (χ1v) is 4.90. The second-order valence-corrected chi connectivity index (χ2v) is 4.07. The molecule has 1 atom stereocenters. The van der Waals surface area contributed by atoms with Crippen molar-refractivity contribution in [1.82, 2.24) is 0 Å². The number of hydrogen-bond donors (Lipinski definition) is 2. The summed E-state index contributed by atoms with van der Waals surface area (Å²) >= 11 is 0. The van der Waals surface area contributed by atoms with Crippen LogP contribution in [-0.4, -0.2) is 23.4 Å². The molecule has 0 spiro atoms. The van der Waals surface area contributed by atoms with Crippen LogP contribution >= 0.6 is 0 Å². The van der Waals surface area contributed by atoms with Gasteiger partial charge in [-0.25, -0.2) is 0 Å². The number of alkyl halides is 3. The molecular formula is C9H16F3NO. The van der Waals surface area contributed by atoms with Crippen LogP contribution in [0, 0.1) is 5.92 Å². The summed E-state index contributed by atoms with van der Waals surface area (Å²) in [7, 11) is 0. The summed E-state index contributed by atoms with van der Waals surface area (Å²) in [5.74, 6) is -0.0218. The largest absolute Gasteiger partial charge is 0.414 e. The van der Waals surface area contributed by atoms with Crippen molar-refractivity contribution in [3.05, 3.63) is 0 Å². The maximum absolute atomic E-state index is 12.0. The predicted octanol–water partition coefficient (Wildman–Crippen LogP) is 1.82. The zero-order valence-corrected chi connectivity index (χ0v) is 7.93. The van der Waals surface area contributed by atoms with Gasteiger partial charge in [0.25, 0.3) is 0 Å². The molecular weight excluding hydrogens is 195 g/mol. The van der Waals surface area contributed by atoms with Crippen molar-refractivity contribution in [2.24, 2.45) is 11.7 Å². The first-order chi connectivity index (χ1) is 6.39. The number of halogens is 3. The summed E-state index contributed by atoms with van der Waals surface area (Å²) in [6.07, 6.45) is -3.86. The van der Waals surface area contributed by atoms with E-state index < -0.39 is 12.3 Å². The molecule has 5 heteroatoms. The third kappa shape index (κ3) is 3.46. The van der Waals surface area contributed by atoms with Crippen LogP contribution in [0.15, 0.2) is 0 Å². The minimum atomic E-state index is -4.47. The minimum absolute atomic E-state index is 0.0218. The van der Waals surface area contributed by atoms with Crippen LogP contribution in [0.4, 0.5) is 13.2 Å². The second kappa shape index (κ2) is 4.49. The molecule has 0 saturated heterocycles. The van der Waals surface area contributed by atoms with Crippen molar-refractivity contribution < 1.29 is 18.3 Å². The molecule has 2 nitrogen and oxygen atoms in total. The lowest BCUT2D eigenvalue weighted by Gasteiger charge is -2.28. The summed E-state index contributed by atoms with van der Waals surface area (Å²) in [4.78, 5) is 0. The molecule has 0 amide bonds. The van der Waals surface area contributed by atoms with Gasteiger partial charge in [0.05, 0.1) is 0 Å². The summed E-state index contributed by atoms with van der Waals surface area (Å²) in [5, 5.41) is 8.85. The third-order valence-electron chi connectivity index (χ3n) is 2.83. The fraction of sp³-hybridized carbons (Fsp3) is 1.00. The van der Waals surface area contributed by atoms with Gasteiger partial charge in [-0.1, -0.05) is 0 Å². The molecule has 0 heterocycles. The van der Waals surface area contributed by atoms with Crippen molar-refractivity contribution in [3.63, 3.8) is 0 Å². The summed E-state index contributed by atoms with van der Waals surface area (Å²) in [5.41, 5.74) is 5.63.